The van der Waals surface area contributed by atoms with Gasteiger partial charge in [0.1, 0.15) is 5.75 Å². The standard InChI is InChI=1S/C36H57N5O2/c1-9-11-13-18-32(26-38-39-33-19-14-12-15-20-33)36(42)37-25-28(3)27-41(10-2)31(6)34-21-22-35(30(5)29(34)4)43-24-17-16-23-40(7)8/h12,14-15,18-22,26,28,31,39H,9-11,13,16-17,23-25,27H2,1-8H3,(H,37,42)/b32-18-,38-26-. The summed E-state index contributed by atoms with van der Waals surface area (Å²) in [5.74, 6) is 1.19. The Hall–Kier alpha value is -3.16. The van der Waals surface area contributed by atoms with Gasteiger partial charge in [-0.05, 0) is 108 Å². The molecule has 0 aromatic heterocycles. The van der Waals surface area contributed by atoms with Crippen molar-refractivity contribution in [3.8, 4) is 5.75 Å². The zero-order valence-corrected chi connectivity index (χ0v) is 28.1. The summed E-state index contributed by atoms with van der Waals surface area (Å²) >= 11 is 0. The Morgan fingerprint density at radius 3 is 2.42 bits per heavy atom. The number of unbranched alkanes of at least 4 members (excludes halogenated alkanes) is 3. The van der Waals surface area contributed by atoms with Crippen LogP contribution in [-0.4, -0.2) is 68.8 Å². The fourth-order valence-electron chi connectivity index (χ4n) is 5.08. The summed E-state index contributed by atoms with van der Waals surface area (Å²) in [4.78, 5) is 17.8. The molecule has 7 heteroatoms. The van der Waals surface area contributed by atoms with E-state index in [1.165, 1.54) is 16.7 Å². The third kappa shape index (κ3) is 12.9. The number of nitrogens with zero attached hydrogens (tertiary/aromatic N) is 3. The van der Waals surface area contributed by atoms with Crippen molar-refractivity contribution in [2.24, 2.45) is 11.0 Å². The molecule has 0 spiro atoms. The van der Waals surface area contributed by atoms with Gasteiger partial charge in [-0.15, -0.1) is 0 Å². The molecular weight excluding hydrogens is 534 g/mol. The van der Waals surface area contributed by atoms with E-state index in [1.54, 1.807) is 6.21 Å². The predicted molar refractivity (Wildman–Crippen MR) is 183 cm³/mol. The van der Waals surface area contributed by atoms with E-state index in [4.69, 9.17) is 4.74 Å². The van der Waals surface area contributed by atoms with Crippen LogP contribution in [0.3, 0.4) is 0 Å². The van der Waals surface area contributed by atoms with Gasteiger partial charge in [-0.25, -0.2) is 0 Å². The Balaban J connectivity index is 1.96. The number of hydrogen-bond donors (Lipinski definition) is 2. The number of hydrazone groups is 1. The first-order chi connectivity index (χ1) is 20.7. The summed E-state index contributed by atoms with van der Waals surface area (Å²) in [7, 11) is 4.21. The number of carbonyl (C=O) groups is 1. The van der Waals surface area contributed by atoms with Crippen LogP contribution in [0.15, 0.2) is 59.2 Å². The van der Waals surface area contributed by atoms with E-state index in [2.05, 4.69) is 93.4 Å². The van der Waals surface area contributed by atoms with Crippen molar-refractivity contribution in [3.05, 3.63) is 70.8 Å². The van der Waals surface area contributed by atoms with Crippen LogP contribution in [0.4, 0.5) is 5.69 Å². The van der Waals surface area contributed by atoms with Gasteiger partial charge in [-0.2, -0.15) is 5.10 Å². The maximum atomic E-state index is 13.1. The van der Waals surface area contributed by atoms with E-state index in [0.29, 0.717) is 12.1 Å². The average molecular weight is 592 g/mol. The highest BCUT2D eigenvalue weighted by molar-refractivity contribution is 6.12. The van der Waals surface area contributed by atoms with Crippen molar-refractivity contribution in [1.82, 2.24) is 15.1 Å². The molecule has 1 amide bonds. The lowest BCUT2D eigenvalue weighted by molar-refractivity contribution is -0.117. The molecule has 0 heterocycles. The molecule has 0 aliphatic carbocycles. The number of amides is 1. The second kappa shape index (κ2) is 19.9. The fraction of sp³-hybridized carbons (Fsp3) is 0.556. The minimum atomic E-state index is -0.0820. The molecule has 0 fully saturated rings. The second-order valence-corrected chi connectivity index (χ2v) is 11.9. The number of nitrogens with one attached hydrogen (secondary N) is 2. The maximum absolute atomic E-state index is 13.1. The Kier molecular flexibility index (Phi) is 16.7. The quantitative estimate of drug-likeness (QED) is 0.0728. The highest BCUT2D eigenvalue weighted by Gasteiger charge is 2.21. The largest absolute Gasteiger partial charge is 0.493 e. The lowest BCUT2D eigenvalue weighted by atomic mass is 9.96. The summed E-state index contributed by atoms with van der Waals surface area (Å²) in [6, 6.07) is 14.4. The van der Waals surface area contributed by atoms with Gasteiger partial charge < -0.3 is 15.0 Å². The van der Waals surface area contributed by atoms with Crippen molar-refractivity contribution in [2.75, 3.05) is 52.3 Å². The Morgan fingerprint density at radius 1 is 1.00 bits per heavy atom. The third-order valence-electron chi connectivity index (χ3n) is 7.95. The van der Waals surface area contributed by atoms with Crippen LogP contribution in [0, 0.1) is 19.8 Å². The molecule has 2 rings (SSSR count). The smallest absolute Gasteiger partial charge is 0.252 e. The van der Waals surface area contributed by atoms with Crippen LogP contribution in [0.25, 0.3) is 0 Å². The summed E-state index contributed by atoms with van der Waals surface area (Å²) in [6.07, 6.45) is 8.79. The van der Waals surface area contributed by atoms with Gasteiger partial charge in [0.15, 0.2) is 0 Å². The van der Waals surface area contributed by atoms with E-state index in [1.807, 2.05) is 36.4 Å². The zero-order valence-electron chi connectivity index (χ0n) is 28.1. The van der Waals surface area contributed by atoms with Gasteiger partial charge in [0, 0.05) is 19.1 Å². The summed E-state index contributed by atoms with van der Waals surface area (Å²) < 4.78 is 6.15. The van der Waals surface area contributed by atoms with E-state index in [9.17, 15) is 4.79 Å². The number of anilines is 1. The van der Waals surface area contributed by atoms with Gasteiger partial charge in [0.25, 0.3) is 5.91 Å². The topological polar surface area (TPSA) is 69.2 Å². The van der Waals surface area contributed by atoms with Crippen LogP contribution in [-0.2, 0) is 4.79 Å². The minimum Gasteiger partial charge on any atom is -0.493 e. The molecule has 2 atom stereocenters. The predicted octanol–water partition coefficient (Wildman–Crippen LogP) is 7.37. The van der Waals surface area contributed by atoms with Crippen LogP contribution < -0.4 is 15.5 Å². The van der Waals surface area contributed by atoms with Gasteiger partial charge >= 0.3 is 0 Å². The molecule has 238 valence electrons. The molecule has 2 unspecified atom stereocenters. The molecule has 0 aliphatic rings. The zero-order chi connectivity index (χ0) is 31.6. The van der Waals surface area contributed by atoms with Crippen LogP contribution in [0.5, 0.6) is 5.75 Å². The number of carbonyl (C=O) groups excluding carboxylic acids is 1. The average Bonchev–Trinajstić information content (AvgIpc) is 3.00. The van der Waals surface area contributed by atoms with E-state index >= 15 is 0 Å². The molecule has 43 heavy (non-hydrogen) atoms. The molecule has 0 bridgehead atoms. The maximum Gasteiger partial charge on any atom is 0.252 e. The molecule has 2 aromatic carbocycles. The van der Waals surface area contributed by atoms with Gasteiger partial charge in [0.2, 0.25) is 0 Å². The van der Waals surface area contributed by atoms with E-state index in [-0.39, 0.29) is 17.9 Å². The Bertz CT molecular complexity index is 1150. The third-order valence-corrected chi connectivity index (χ3v) is 7.95. The SMILES string of the molecule is CCCC/C=C(/C=N\Nc1ccccc1)C(=O)NCC(C)CN(CC)C(C)c1ccc(OCCCCN(C)C)c(C)c1C. The van der Waals surface area contributed by atoms with Gasteiger partial charge in [-0.3, -0.25) is 15.1 Å². The summed E-state index contributed by atoms with van der Waals surface area (Å²) in [6.45, 7) is 17.5. The highest BCUT2D eigenvalue weighted by Crippen LogP contribution is 2.31. The number of rotatable bonds is 20. The van der Waals surface area contributed by atoms with Crippen molar-refractivity contribution in [1.29, 1.82) is 0 Å². The molecule has 0 radical (unpaired) electrons. The molecule has 7 nitrogen and oxygen atoms in total. The first kappa shape index (κ1) is 36.0. The monoisotopic (exact) mass is 591 g/mol. The minimum absolute atomic E-state index is 0.0820. The fourth-order valence-corrected chi connectivity index (χ4v) is 5.08. The molecule has 0 aliphatic heterocycles. The number of hydrogen-bond acceptors (Lipinski definition) is 6. The van der Waals surface area contributed by atoms with Crippen LogP contribution in [0.2, 0.25) is 0 Å². The second-order valence-electron chi connectivity index (χ2n) is 11.9. The first-order valence-electron chi connectivity index (χ1n) is 16.1. The molecule has 2 N–H and O–H groups in total. The van der Waals surface area contributed by atoms with Crippen LogP contribution in [0.1, 0.15) is 82.5 Å². The van der Waals surface area contributed by atoms with Crippen LogP contribution >= 0.6 is 0 Å². The first-order valence-corrected chi connectivity index (χ1v) is 16.1. The number of benzene rings is 2. The normalized spacial score (nSPS) is 13.5. The lowest BCUT2D eigenvalue weighted by Crippen LogP contribution is -2.37. The summed E-state index contributed by atoms with van der Waals surface area (Å²) in [5, 5.41) is 7.47. The molecule has 0 saturated heterocycles. The Labute approximate surface area is 261 Å². The number of para-hydroxylation sites is 1. The van der Waals surface area contributed by atoms with Crippen molar-refractivity contribution in [2.45, 2.75) is 79.7 Å². The molecule has 0 saturated carbocycles. The Morgan fingerprint density at radius 2 is 1.74 bits per heavy atom. The van der Waals surface area contributed by atoms with Gasteiger partial charge in [0.05, 0.1) is 24.1 Å². The van der Waals surface area contributed by atoms with Crippen molar-refractivity contribution in [3.63, 3.8) is 0 Å². The van der Waals surface area contributed by atoms with E-state index < -0.39 is 0 Å². The number of ether oxygens (including phenoxy) is 1. The number of allylic oxidation sites excluding steroid dienone is 1. The van der Waals surface area contributed by atoms with Crippen molar-refractivity contribution < 1.29 is 9.53 Å². The van der Waals surface area contributed by atoms with Gasteiger partial charge in [-0.1, -0.05) is 64.0 Å². The molecule has 2 aromatic rings. The van der Waals surface area contributed by atoms with Crippen molar-refractivity contribution >= 4 is 17.8 Å². The van der Waals surface area contributed by atoms with E-state index in [0.717, 1.165) is 69.8 Å². The lowest BCUT2D eigenvalue weighted by Gasteiger charge is -2.32. The summed E-state index contributed by atoms with van der Waals surface area (Å²) in [5.41, 5.74) is 8.34. The molecular formula is C36H57N5O2. The highest BCUT2D eigenvalue weighted by atomic mass is 16.5.